The molecular formula is C25H28O3Si. The Morgan fingerprint density at radius 2 is 1.28 bits per heavy atom. The van der Waals surface area contributed by atoms with Crippen LogP contribution in [0.3, 0.4) is 0 Å². The lowest BCUT2D eigenvalue weighted by molar-refractivity contribution is 0.257. The predicted molar refractivity (Wildman–Crippen MR) is 120 cm³/mol. The van der Waals surface area contributed by atoms with E-state index >= 15 is 0 Å². The highest BCUT2D eigenvalue weighted by atomic mass is 28.4. The Bertz CT molecular complexity index is 892. The molecule has 0 amide bonds. The van der Waals surface area contributed by atoms with Gasteiger partial charge in [-0.05, 0) is 27.5 Å². The van der Waals surface area contributed by atoms with Gasteiger partial charge < -0.3 is 13.9 Å². The van der Waals surface area contributed by atoms with E-state index in [0.717, 1.165) is 18.1 Å². The maximum Gasteiger partial charge on any atom is 0.320 e. The number of para-hydroxylation sites is 2. The van der Waals surface area contributed by atoms with Crippen LogP contribution in [0.1, 0.15) is 20.8 Å². The monoisotopic (exact) mass is 404 g/mol. The minimum Gasteiger partial charge on any atom is -0.531 e. The zero-order valence-corrected chi connectivity index (χ0v) is 18.3. The summed E-state index contributed by atoms with van der Waals surface area (Å²) < 4.78 is 18.5. The molecule has 0 spiro atoms. The van der Waals surface area contributed by atoms with Gasteiger partial charge in [-0.3, -0.25) is 0 Å². The fourth-order valence-corrected chi connectivity index (χ4v) is 8.24. The average molecular weight is 405 g/mol. The summed E-state index contributed by atoms with van der Waals surface area (Å²) in [4.78, 5) is 0. The molecule has 1 saturated heterocycles. The Labute approximate surface area is 174 Å². The van der Waals surface area contributed by atoms with Crippen molar-refractivity contribution in [2.24, 2.45) is 0 Å². The smallest absolute Gasteiger partial charge is 0.320 e. The van der Waals surface area contributed by atoms with Crippen LogP contribution < -0.4 is 19.5 Å². The molecule has 0 N–H and O–H groups in total. The quantitative estimate of drug-likeness (QED) is 0.432. The van der Waals surface area contributed by atoms with E-state index in [1.807, 2.05) is 24.3 Å². The first kappa shape index (κ1) is 19.7. The molecular weight excluding hydrogens is 376 g/mol. The van der Waals surface area contributed by atoms with Gasteiger partial charge in [-0.2, -0.15) is 0 Å². The maximum absolute atomic E-state index is 7.10. The second-order valence-electron chi connectivity index (χ2n) is 8.48. The summed E-state index contributed by atoms with van der Waals surface area (Å²) >= 11 is 0. The number of hydrogen-bond donors (Lipinski definition) is 0. The van der Waals surface area contributed by atoms with Gasteiger partial charge in [0.15, 0.2) is 5.75 Å². The second-order valence-corrected chi connectivity index (χ2v) is 12.7. The van der Waals surface area contributed by atoms with Crippen molar-refractivity contribution in [3.63, 3.8) is 0 Å². The molecule has 150 valence electrons. The normalized spacial score (nSPS) is 16.3. The summed E-state index contributed by atoms with van der Waals surface area (Å²) in [6, 6.07) is 29.3. The third-order valence-corrected chi connectivity index (χ3v) is 10.3. The van der Waals surface area contributed by atoms with E-state index in [-0.39, 0.29) is 11.1 Å². The molecule has 0 aromatic heterocycles. The van der Waals surface area contributed by atoms with E-state index in [1.54, 1.807) is 0 Å². The molecule has 4 rings (SSSR count). The Balaban J connectivity index is 1.83. The first-order chi connectivity index (χ1) is 14.0. The molecule has 0 unspecified atom stereocenters. The first-order valence-corrected chi connectivity index (χ1v) is 12.0. The molecule has 4 heteroatoms. The zero-order valence-electron chi connectivity index (χ0n) is 17.3. The van der Waals surface area contributed by atoms with Gasteiger partial charge in [0.1, 0.15) is 18.5 Å². The number of rotatable bonds is 7. The minimum atomic E-state index is -2.67. The van der Waals surface area contributed by atoms with Gasteiger partial charge in [0.05, 0.1) is 6.61 Å². The molecule has 1 fully saturated rings. The van der Waals surface area contributed by atoms with Crippen LogP contribution >= 0.6 is 0 Å². The minimum absolute atomic E-state index is 0.0948. The van der Waals surface area contributed by atoms with Crippen molar-refractivity contribution in [2.45, 2.75) is 31.9 Å². The Hall–Kier alpha value is -2.56. The van der Waals surface area contributed by atoms with Crippen LogP contribution in [0.25, 0.3) is 0 Å². The lowest BCUT2D eigenvalue weighted by atomic mass is 10.2. The standard InChI is InChI=1S/C25H28O3Si/c1-25(2,3)29(21-12-6-4-7-13-21,22-14-8-5-9-15-22)28-24-17-11-10-16-23(24)27-19-20-18-26-20/h4-17,20H,18-19H2,1-3H3/t20-/m0/s1. The van der Waals surface area contributed by atoms with Gasteiger partial charge in [0, 0.05) is 0 Å². The molecule has 3 nitrogen and oxygen atoms in total. The molecule has 3 aromatic carbocycles. The lowest BCUT2D eigenvalue weighted by Gasteiger charge is -2.43. The molecule has 3 aromatic rings. The molecule has 29 heavy (non-hydrogen) atoms. The van der Waals surface area contributed by atoms with E-state index in [1.165, 1.54) is 10.4 Å². The van der Waals surface area contributed by atoms with E-state index < -0.39 is 8.32 Å². The number of benzene rings is 3. The fraction of sp³-hybridized carbons (Fsp3) is 0.280. The lowest BCUT2D eigenvalue weighted by Crippen LogP contribution is -2.68. The van der Waals surface area contributed by atoms with E-state index in [2.05, 4.69) is 81.4 Å². The first-order valence-electron chi connectivity index (χ1n) is 10.1. The summed E-state index contributed by atoms with van der Waals surface area (Å²) in [7, 11) is -2.67. The summed E-state index contributed by atoms with van der Waals surface area (Å²) in [5.41, 5.74) is 0. The van der Waals surface area contributed by atoms with Gasteiger partial charge >= 0.3 is 8.32 Å². The maximum atomic E-state index is 7.10. The summed E-state index contributed by atoms with van der Waals surface area (Å²) in [6.07, 6.45) is 0.205. The van der Waals surface area contributed by atoms with Crippen molar-refractivity contribution in [3.05, 3.63) is 84.9 Å². The molecule has 1 aliphatic heterocycles. The third-order valence-electron chi connectivity index (χ3n) is 5.36. The number of epoxide rings is 1. The van der Waals surface area contributed by atoms with Crippen molar-refractivity contribution in [3.8, 4) is 11.5 Å². The van der Waals surface area contributed by atoms with Gasteiger partial charge in [0.25, 0.3) is 0 Å². The van der Waals surface area contributed by atoms with Crippen LogP contribution in [0.2, 0.25) is 5.04 Å². The molecule has 1 atom stereocenters. The van der Waals surface area contributed by atoms with Crippen LogP contribution in [-0.4, -0.2) is 27.6 Å². The van der Waals surface area contributed by atoms with E-state index in [9.17, 15) is 0 Å². The molecule has 0 bridgehead atoms. The average Bonchev–Trinajstić information content (AvgIpc) is 3.56. The predicted octanol–water partition coefficient (Wildman–Crippen LogP) is 4.40. The third kappa shape index (κ3) is 4.09. The topological polar surface area (TPSA) is 31.0 Å². The van der Waals surface area contributed by atoms with Crippen molar-refractivity contribution < 1.29 is 13.9 Å². The SMILES string of the molecule is CC(C)(C)[Si](Oc1ccccc1OC[C@@H]1CO1)(c1ccccc1)c1ccccc1. The Morgan fingerprint density at radius 1 is 0.793 bits per heavy atom. The molecule has 1 aliphatic rings. The summed E-state index contributed by atoms with van der Waals surface area (Å²) in [6.45, 7) is 8.17. The Kier molecular flexibility index (Phi) is 5.48. The second kappa shape index (κ2) is 8.05. The van der Waals surface area contributed by atoms with Gasteiger partial charge in [-0.1, -0.05) is 93.6 Å². The molecule has 0 radical (unpaired) electrons. The molecule has 1 heterocycles. The molecule has 0 saturated carbocycles. The van der Waals surface area contributed by atoms with Crippen molar-refractivity contribution in [1.29, 1.82) is 0 Å². The fourth-order valence-electron chi connectivity index (χ4n) is 3.82. The van der Waals surface area contributed by atoms with Crippen LogP contribution in [0.5, 0.6) is 11.5 Å². The van der Waals surface area contributed by atoms with Crippen molar-refractivity contribution in [2.75, 3.05) is 13.2 Å². The van der Waals surface area contributed by atoms with Gasteiger partial charge in [-0.15, -0.1) is 0 Å². The van der Waals surface area contributed by atoms with Gasteiger partial charge in [0.2, 0.25) is 0 Å². The Morgan fingerprint density at radius 3 is 1.76 bits per heavy atom. The number of hydrogen-bond acceptors (Lipinski definition) is 3. The summed E-state index contributed by atoms with van der Waals surface area (Å²) in [5, 5.41) is 2.40. The summed E-state index contributed by atoms with van der Waals surface area (Å²) in [5.74, 6) is 1.57. The highest BCUT2D eigenvalue weighted by molar-refractivity contribution is 7.00. The largest absolute Gasteiger partial charge is 0.531 e. The van der Waals surface area contributed by atoms with Crippen molar-refractivity contribution in [1.82, 2.24) is 0 Å². The highest BCUT2D eigenvalue weighted by Gasteiger charge is 2.52. The van der Waals surface area contributed by atoms with Crippen LogP contribution in [-0.2, 0) is 4.74 Å². The zero-order chi connectivity index (χ0) is 20.3. The number of ether oxygens (including phenoxy) is 2. The molecule has 0 aliphatic carbocycles. The van der Waals surface area contributed by atoms with Crippen molar-refractivity contribution >= 4 is 18.7 Å². The van der Waals surface area contributed by atoms with E-state index in [0.29, 0.717) is 6.61 Å². The highest BCUT2D eigenvalue weighted by Crippen LogP contribution is 2.40. The van der Waals surface area contributed by atoms with Crippen LogP contribution in [0.4, 0.5) is 0 Å². The van der Waals surface area contributed by atoms with Crippen LogP contribution in [0, 0.1) is 0 Å². The van der Waals surface area contributed by atoms with Crippen LogP contribution in [0.15, 0.2) is 84.9 Å². The van der Waals surface area contributed by atoms with Gasteiger partial charge in [-0.25, -0.2) is 0 Å². The van der Waals surface area contributed by atoms with E-state index in [4.69, 9.17) is 13.9 Å².